The Hall–Kier alpha value is -1.80. The molecule has 1 atom stereocenters. The number of nitrogens with one attached hydrogen (secondary N) is 1. The van der Waals surface area contributed by atoms with E-state index in [0.29, 0.717) is 31.7 Å². The van der Waals surface area contributed by atoms with Crippen molar-refractivity contribution in [2.45, 2.75) is 45.4 Å². The molecule has 8 heteroatoms. The average molecular weight is 353 g/mol. The lowest BCUT2D eigenvalue weighted by Crippen LogP contribution is -2.47. The zero-order valence-electron chi connectivity index (χ0n) is 14.2. The second kappa shape index (κ2) is 5.93. The molecule has 2 aliphatic rings. The Morgan fingerprint density at radius 1 is 1.29 bits per heavy atom. The molecular formula is C16H23N3O4S. The number of para-hydroxylation sites is 1. The highest BCUT2D eigenvalue weighted by Crippen LogP contribution is 2.30. The van der Waals surface area contributed by atoms with E-state index in [0.717, 1.165) is 5.56 Å². The van der Waals surface area contributed by atoms with Gasteiger partial charge in [-0.15, -0.1) is 0 Å². The van der Waals surface area contributed by atoms with E-state index < -0.39 is 21.9 Å². The fourth-order valence-electron chi connectivity index (χ4n) is 3.00. The number of ether oxygens (including phenoxy) is 1. The van der Waals surface area contributed by atoms with Crippen LogP contribution in [0.5, 0.6) is 0 Å². The van der Waals surface area contributed by atoms with E-state index in [1.165, 1.54) is 4.31 Å². The molecule has 1 amide bonds. The Kier molecular flexibility index (Phi) is 4.21. The molecule has 0 aromatic heterocycles. The lowest BCUT2D eigenvalue weighted by atomic mass is 10.1. The summed E-state index contributed by atoms with van der Waals surface area (Å²) >= 11 is 0. The molecule has 0 aliphatic carbocycles. The first-order valence-electron chi connectivity index (χ1n) is 8.01. The van der Waals surface area contributed by atoms with Gasteiger partial charge >= 0.3 is 16.3 Å². The number of nitrogens with zero attached hydrogens (tertiary/aromatic N) is 2. The number of carbonyl (C=O) groups is 1. The Balaban J connectivity index is 1.73. The summed E-state index contributed by atoms with van der Waals surface area (Å²) in [6.07, 6.45) is 0.204. The standard InChI is InChI=1S/C16H23N3O4S/c1-16(2,3)23-15(20)18-9-8-13(11-18)19-10-12-6-4-5-7-14(12)17-24(19,21)22/h4-7,13,17H,8-11H2,1-3H3/t13-/m1/s1. The van der Waals surface area contributed by atoms with Gasteiger partial charge in [-0.1, -0.05) is 18.2 Å². The monoisotopic (exact) mass is 353 g/mol. The Morgan fingerprint density at radius 3 is 2.71 bits per heavy atom. The van der Waals surface area contributed by atoms with Gasteiger partial charge in [0.1, 0.15) is 5.60 Å². The van der Waals surface area contributed by atoms with E-state index in [1.807, 2.05) is 32.9 Å². The third-order valence-electron chi connectivity index (χ3n) is 4.11. The number of amides is 1. The maximum absolute atomic E-state index is 12.5. The quantitative estimate of drug-likeness (QED) is 0.839. The maximum atomic E-state index is 12.5. The van der Waals surface area contributed by atoms with Crippen LogP contribution < -0.4 is 4.72 Å². The molecule has 1 aromatic carbocycles. The smallest absolute Gasteiger partial charge is 0.410 e. The van der Waals surface area contributed by atoms with Gasteiger partial charge in [0, 0.05) is 25.7 Å². The lowest BCUT2D eigenvalue weighted by Gasteiger charge is -2.33. The largest absolute Gasteiger partial charge is 0.444 e. The summed E-state index contributed by atoms with van der Waals surface area (Å²) in [4.78, 5) is 13.7. The first kappa shape index (κ1) is 17.0. The second-order valence-electron chi connectivity index (χ2n) is 7.18. The molecular weight excluding hydrogens is 330 g/mol. The second-order valence-corrected chi connectivity index (χ2v) is 8.80. The summed E-state index contributed by atoms with van der Waals surface area (Å²) in [6, 6.07) is 7.11. The molecule has 0 unspecified atom stereocenters. The number of rotatable bonds is 1. The number of likely N-dealkylation sites (tertiary alicyclic amines) is 1. The summed E-state index contributed by atoms with van der Waals surface area (Å²) in [5.74, 6) is 0. The Labute approximate surface area is 142 Å². The third kappa shape index (κ3) is 3.49. The van der Waals surface area contributed by atoms with Crippen LogP contribution in [0.3, 0.4) is 0 Å². The topological polar surface area (TPSA) is 79.0 Å². The van der Waals surface area contributed by atoms with E-state index in [1.54, 1.807) is 17.0 Å². The summed E-state index contributed by atoms with van der Waals surface area (Å²) in [5, 5.41) is 0. The Morgan fingerprint density at radius 2 is 2.00 bits per heavy atom. The predicted molar refractivity (Wildman–Crippen MR) is 90.7 cm³/mol. The van der Waals surface area contributed by atoms with Gasteiger partial charge in [0.15, 0.2) is 0 Å². The minimum absolute atomic E-state index is 0.247. The van der Waals surface area contributed by atoms with Crippen molar-refractivity contribution in [2.24, 2.45) is 0 Å². The van der Waals surface area contributed by atoms with Crippen molar-refractivity contribution in [1.82, 2.24) is 9.21 Å². The van der Waals surface area contributed by atoms with Crippen LogP contribution in [0.25, 0.3) is 0 Å². The first-order chi connectivity index (χ1) is 11.2. The van der Waals surface area contributed by atoms with Crippen molar-refractivity contribution in [2.75, 3.05) is 17.8 Å². The van der Waals surface area contributed by atoms with E-state index >= 15 is 0 Å². The number of hydrogen-bond acceptors (Lipinski definition) is 4. The molecule has 1 N–H and O–H groups in total. The van der Waals surface area contributed by atoms with Crippen LogP contribution >= 0.6 is 0 Å². The molecule has 1 saturated heterocycles. The number of fused-ring (bicyclic) bond motifs is 1. The van der Waals surface area contributed by atoms with Crippen LogP contribution in [0.1, 0.15) is 32.8 Å². The Bertz CT molecular complexity index is 742. The van der Waals surface area contributed by atoms with Crippen LogP contribution in [0.15, 0.2) is 24.3 Å². The highest BCUT2D eigenvalue weighted by Gasteiger charge is 2.40. The molecule has 0 bridgehead atoms. The molecule has 0 saturated carbocycles. The van der Waals surface area contributed by atoms with Crippen molar-refractivity contribution in [3.63, 3.8) is 0 Å². The molecule has 24 heavy (non-hydrogen) atoms. The average Bonchev–Trinajstić information content (AvgIpc) is 2.93. The van der Waals surface area contributed by atoms with Crippen LogP contribution in [-0.4, -0.2) is 48.4 Å². The van der Waals surface area contributed by atoms with E-state index in [-0.39, 0.29) is 6.04 Å². The number of hydrogen-bond donors (Lipinski definition) is 1. The molecule has 2 heterocycles. The predicted octanol–water partition coefficient (Wildman–Crippen LogP) is 2.17. The number of anilines is 1. The van der Waals surface area contributed by atoms with Crippen LogP contribution in [0, 0.1) is 0 Å². The lowest BCUT2D eigenvalue weighted by molar-refractivity contribution is 0.0286. The van der Waals surface area contributed by atoms with Gasteiger partial charge in [0.2, 0.25) is 0 Å². The van der Waals surface area contributed by atoms with Gasteiger partial charge in [-0.2, -0.15) is 12.7 Å². The molecule has 0 radical (unpaired) electrons. The molecule has 132 valence electrons. The van der Waals surface area contributed by atoms with Gasteiger partial charge in [0.25, 0.3) is 0 Å². The molecule has 2 aliphatic heterocycles. The van der Waals surface area contributed by atoms with E-state index in [9.17, 15) is 13.2 Å². The van der Waals surface area contributed by atoms with Gasteiger partial charge in [0.05, 0.1) is 5.69 Å². The van der Waals surface area contributed by atoms with E-state index in [4.69, 9.17) is 4.74 Å². The molecule has 3 rings (SSSR count). The normalized spacial score (nSPS) is 23.5. The van der Waals surface area contributed by atoms with Crippen molar-refractivity contribution in [3.05, 3.63) is 29.8 Å². The van der Waals surface area contributed by atoms with Crippen LogP contribution in [0.4, 0.5) is 10.5 Å². The first-order valence-corrected chi connectivity index (χ1v) is 9.45. The molecule has 1 fully saturated rings. The molecule has 1 aromatic rings. The van der Waals surface area contributed by atoms with Gasteiger partial charge in [-0.05, 0) is 38.8 Å². The zero-order chi connectivity index (χ0) is 17.5. The number of benzene rings is 1. The highest BCUT2D eigenvalue weighted by molar-refractivity contribution is 7.90. The van der Waals surface area contributed by atoms with Gasteiger partial charge in [-0.3, -0.25) is 4.72 Å². The van der Waals surface area contributed by atoms with Gasteiger partial charge < -0.3 is 9.64 Å². The third-order valence-corrected chi connectivity index (χ3v) is 5.64. The minimum atomic E-state index is -3.60. The fourth-order valence-corrected chi connectivity index (χ4v) is 4.47. The van der Waals surface area contributed by atoms with Crippen molar-refractivity contribution >= 4 is 22.0 Å². The van der Waals surface area contributed by atoms with Crippen molar-refractivity contribution < 1.29 is 17.9 Å². The summed E-state index contributed by atoms with van der Waals surface area (Å²) in [7, 11) is -3.60. The summed E-state index contributed by atoms with van der Waals surface area (Å²) in [5.41, 5.74) is 0.992. The molecule has 0 spiro atoms. The minimum Gasteiger partial charge on any atom is -0.444 e. The zero-order valence-corrected chi connectivity index (χ0v) is 15.0. The highest BCUT2D eigenvalue weighted by atomic mass is 32.2. The van der Waals surface area contributed by atoms with E-state index in [2.05, 4.69) is 4.72 Å². The summed E-state index contributed by atoms with van der Waals surface area (Å²) in [6.45, 7) is 6.60. The van der Waals surface area contributed by atoms with Gasteiger partial charge in [-0.25, -0.2) is 4.79 Å². The molecule has 7 nitrogen and oxygen atoms in total. The SMILES string of the molecule is CC(C)(C)OC(=O)N1CC[C@@H](N2Cc3ccccc3NS2(=O)=O)C1. The summed E-state index contributed by atoms with van der Waals surface area (Å²) < 4.78 is 34.5. The van der Waals surface area contributed by atoms with Crippen LogP contribution in [-0.2, 0) is 21.5 Å². The van der Waals surface area contributed by atoms with Crippen molar-refractivity contribution in [3.8, 4) is 0 Å². The fraction of sp³-hybridized carbons (Fsp3) is 0.562. The van der Waals surface area contributed by atoms with Crippen molar-refractivity contribution in [1.29, 1.82) is 0 Å². The maximum Gasteiger partial charge on any atom is 0.410 e. The van der Waals surface area contributed by atoms with Crippen LogP contribution in [0.2, 0.25) is 0 Å². The number of carbonyl (C=O) groups excluding carboxylic acids is 1.